The first-order valence-electron chi connectivity index (χ1n) is 8.90. The predicted octanol–water partition coefficient (Wildman–Crippen LogP) is 6.20. The first-order valence-corrected chi connectivity index (χ1v) is 8.90. The van der Waals surface area contributed by atoms with Gasteiger partial charge in [0.25, 0.3) is 0 Å². The topological polar surface area (TPSA) is 26.3 Å². The third-order valence-corrected chi connectivity index (χ3v) is 3.95. The van der Waals surface area contributed by atoms with Crippen molar-refractivity contribution in [3.63, 3.8) is 0 Å². The van der Waals surface area contributed by atoms with Crippen LogP contribution >= 0.6 is 0 Å². The number of hydrogen-bond donors (Lipinski definition) is 0. The van der Waals surface area contributed by atoms with E-state index in [1.807, 2.05) is 6.92 Å². The summed E-state index contributed by atoms with van der Waals surface area (Å²) in [6.07, 6.45) is 13.4. The number of ether oxygens (including phenoxy) is 1. The highest BCUT2D eigenvalue weighted by molar-refractivity contribution is 5.65. The summed E-state index contributed by atoms with van der Waals surface area (Å²) < 4.78 is 5.52. The SMILES string of the molecule is COC(C=C(C)CC(C)/C=C(\C)CCC=C(C)C)C/C(C)=C/C=O. The van der Waals surface area contributed by atoms with Crippen molar-refractivity contribution >= 4 is 6.29 Å². The fourth-order valence-electron chi connectivity index (χ4n) is 2.82. The number of carbonyl (C=O) groups is 1. The monoisotopic (exact) mass is 332 g/mol. The van der Waals surface area contributed by atoms with Gasteiger partial charge in [0.1, 0.15) is 6.29 Å². The minimum absolute atomic E-state index is 0.0381. The molecular formula is C22H36O2. The molecule has 0 bridgehead atoms. The molecule has 0 aromatic heterocycles. The van der Waals surface area contributed by atoms with Gasteiger partial charge in [0, 0.05) is 7.11 Å². The van der Waals surface area contributed by atoms with Crippen LogP contribution in [0.15, 0.2) is 46.6 Å². The largest absolute Gasteiger partial charge is 0.377 e. The molecule has 0 aromatic carbocycles. The summed E-state index contributed by atoms with van der Waals surface area (Å²) in [5, 5.41) is 0. The lowest BCUT2D eigenvalue weighted by atomic mass is 9.96. The third-order valence-electron chi connectivity index (χ3n) is 3.95. The maximum Gasteiger partial charge on any atom is 0.142 e. The van der Waals surface area contributed by atoms with Crippen LogP contribution in [0.4, 0.5) is 0 Å². The second-order valence-electron chi connectivity index (χ2n) is 7.15. The first-order chi connectivity index (χ1) is 11.3. The minimum atomic E-state index is 0.0381. The highest BCUT2D eigenvalue weighted by Crippen LogP contribution is 2.19. The number of methoxy groups -OCH3 is 1. The summed E-state index contributed by atoms with van der Waals surface area (Å²) in [5.74, 6) is 0.525. The Morgan fingerprint density at radius 3 is 2.17 bits per heavy atom. The number of allylic oxidation sites excluding steroid dienone is 6. The Morgan fingerprint density at radius 2 is 1.62 bits per heavy atom. The van der Waals surface area contributed by atoms with E-state index < -0.39 is 0 Å². The summed E-state index contributed by atoms with van der Waals surface area (Å²) >= 11 is 0. The highest BCUT2D eigenvalue weighted by Gasteiger charge is 2.07. The molecule has 0 heterocycles. The molecule has 2 nitrogen and oxygen atoms in total. The lowest BCUT2D eigenvalue weighted by molar-refractivity contribution is -0.104. The molecule has 0 amide bonds. The zero-order chi connectivity index (χ0) is 18.5. The Balaban J connectivity index is 4.59. The van der Waals surface area contributed by atoms with E-state index in [-0.39, 0.29) is 6.10 Å². The van der Waals surface area contributed by atoms with Crippen molar-refractivity contribution in [1.29, 1.82) is 0 Å². The lowest BCUT2D eigenvalue weighted by Gasteiger charge is -2.14. The van der Waals surface area contributed by atoms with E-state index in [1.54, 1.807) is 13.2 Å². The summed E-state index contributed by atoms with van der Waals surface area (Å²) in [7, 11) is 1.72. The minimum Gasteiger partial charge on any atom is -0.377 e. The van der Waals surface area contributed by atoms with Gasteiger partial charge in [-0.2, -0.15) is 0 Å². The molecule has 0 aromatic rings. The fraction of sp³-hybridized carbons (Fsp3) is 0.591. The molecule has 0 rings (SSSR count). The lowest BCUT2D eigenvalue weighted by Crippen LogP contribution is -2.09. The quantitative estimate of drug-likeness (QED) is 0.256. The van der Waals surface area contributed by atoms with Crippen LogP contribution in [-0.2, 0) is 9.53 Å². The van der Waals surface area contributed by atoms with Gasteiger partial charge in [-0.1, -0.05) is 47.4 Å². The maximum absolute atomic E-state index is 10.5. The van der Waals surface area contributed by atoms with E-state index in [0.29, 0.717) is 5.92 Å². The average molecular weight is 333 g/mol. The smallest absolute Gasteiger partial charge is 0.142 e. The normalized spacial score (nSPS) is 15.9. The number of carbonyl (C=O) groups excluding carboxylic acids is 1. The molecule has 136 valence electrons. The van der Waals surface area contributed by atoms with Gasteiger partial charge < -0.3 is 4.74 Å². The summed E-state index contributed by atoms with van der Waals surface area (Å²) in [4.78, 5) is 10.5. The van der Waals surface area contributed by atoms with Gasteiger partial charge in [-0.05, 0) is 72.3 Å². The Hall–Kier alpha value is -1.41. The van der Waals surface area contributed by atoms with E-state index in [0.717, 1.165) is 37.5 Å². The second-order valence-corrected chi connectivity index (χ2v) is 7.15. The average Bonchev–Trinajstić information content (AvgIpc) is 2.45. The van der Waals surface area contributed by atoms with Crippen LogP contribution < -0.4 is 0 Å². The molecule has 0 saturated heterocycles. The van der Waals surface area contributed by atoms with Gasteiger partial charge in [-0.3, -0.25) is 4.79 Å². The molecular weight excluding hydrogens is 296 g/mol. The van der Waals surface area contributed by atoms with Crippen LogP contribution in [0.25, 0.3) is 0 Å². The van der Waals surface area contributed by atoms with Crippen molar-refractivity contribution in [2.24, 2.45) is 5.92 Å². The zero-order valence-corrected chi connectivity index (χ0v) is 16.7. The van der Waals surface area contributed by atoms with Crippen LogP contribution in [0.5, 0.6) is 0 Å². The molecule has 0 aliphatic rings. The molecule has 2 atom stereocenters. The summed E-state index contributed by atoms with van der Waals surface area (Å²) in [6.45, 7) is 12.9. The molecule has 0 saturated carbocycles. The van der Waals surface area contributed by atoms with Crippen LogP contribution in [-0.4, -0.2) is 19.5 Å². The van der Waals surface area contributed by atoms with E-state index in [9.17, 15) is 4.79 Å². The van der Waals surface area contributed by atoms with Crippen molar-refractivity contribution in [1.82, 2.24) is 0 Å². The molecule has 0 aliphatic heterocycles. The molecule has 24 heavy (non-hydrogen) atoms. The summed E-state index contributed by atoms with van der Waals surface area (Å²) in [5.41, 5.74) is 5.23. The highest BCUT2D eigenvalue weighted by atomic mass is 16.5. The van der Waals surface area contributed by atoms with Crippen LogP contribution in [0.2, 0.25) is 0 Å². The molecule has 2 heteroatoms. The molecule has 0 spiro atoms. The Bertz CT molecular complexity index is 488. The molecule has 0 radical (unpaired) electrons. The molecule has 0 N–H and O–H groups in total. The van der Waals surface area contributed by atoms with Gasteiger partial charge in [0.05, 0.1) is 6.10 Å². The second kappa shape index (κ2) is 12.9. The van der Waals surface area contributed by atoms with Crippen molar-refractivity contribution in [3.05, 3.63) is 46.6 Å². The predicted molar refractivity (Wildman–Crippen MR) is 105 cm³/mol. The van der Waals surface area contributed by atoms with Crippen molar-refractivity contribution < 1.29 is 9.53 Å². The molecule has 2 unspecified atom stereocenters. The molecule has 0 aliphatic carbocycles. The van der Waals surface area contributed by atoms with Crippen molar-refractivity contribution in [2.45, 2.75) is 73.3 Å². The Morgan fingerprint density at radius 1 is 0.958 bits per heavy atom. The zero-order valence-electron chi connectivity index (χ0n) is 16.7. The van der Waals surface area contributed by atoms with Crippen LogP contribution in [0, 0.1) is 5.92 Å². The Kier molecular flexibility index (Phi) is 12.2. The third kappa shape index (κ3) is 12.1. The summed E-state index contributed by atoms with van der Waals surface area (Å²) in [6, 6.07) is 0. The van der Waals surface area contributed by atoms with E-state index in [4.69, 9.17) is 4.74 Å². The fourth-order valence-corrected chi connectivity index (χ4v) is 2.82. The van der Waals surface area contributed by atoms with E-state index >= 15 is 0 Å². The van der Waals surface area contributed by atoms with Gasteiger partial charge >= 0.3 is 0 Å². The number of hydrogen-bond acceptors (Lipinski definition) is 2. The molecule has 0 fully saturated rings. The van der Waals surface area contributed by atoms with E-state index in [2.05, 4.69) is 52.8 Å². The number of aldehydes is 1. The maximum atomic E-state index is 10.5. The standard InChI is InChI=1S/C22H36O2/c1-17(2)9-8-10-18(3)13-20(5)14-21(6)16-22(24-7)15-19(4)11-12-23/h9,11-13,16,20,22H,8,10,14-15H2,1-7H3/b18-13+,19-11+,21-16?. The van der Waals surface area contributed by atoms with Gasteiger partial charge in [0.2, 0.25) is 0 Å². The van der Waals surface area contributed by atoms with Crippen molar-refractivity contribution in [2.75, 3.05) is 7.11 Å². The van der Waals surface area contributed by atoms with Gasteiger partial charge in [0.15, 0.2) is 0 Å². The Labute approximate surface area is 149 Å². The van der Waals surface area contributed by atoms with Gasteiger partial charge in [-0.25, -0.2) is 0 Å². The van der Waals surface area contributed by atoms with Crippen LogP contribution in [0.3, 0.4) is 0 Å². The van der Waals surface area contributed by atoms with Crippen molar-refractivity contribution in [3.8, 4) is 0 Å². The first kappa shape index (κ1) is 22.6. The number of rotatable bonds is 11. The van der Waals surface area contributed by atoms with E-state index in [1.165, 1.54) is 16.7 Å². The van der Waals surface area contributed by atoms with Crippen LogP contribution in [0.1, 0.15) is 67.2 Å². The van der Waals surface area contributed by atoms with Gasteiger partial charge in [-0.15, -0.1) is 0 Å².